The first-order valence-electron chi connectivity index (χ1n) is 11.9. The topological polar surface area (TPSA) is 0 Å². The van der Waals surface area contributed by atoms with Gasteiger partial charge in [0.15, 0.2) is 0 Å². The van der Waals surface area contributed by atoms with E-state index in [0.717, 1.165) is 24.8 Å². The summed E-state index contributed by atoms with van der Waals surface area (Å²) in [5, 5.41) is 0. The fourth-order valence-corrected chi connectivity index (χ4v) is 4.15. The lowest BCUT2D eigenvalue weighted by molar-refractivity contribution is 0.541. The normalized spacial score (nSPS) is 11.2. The zero-order valence-electron chi connectivity index (χ0n) is 19.5. The van der Waals surface area contributed by atoms with Crippen LogP contribution in [-0.2, 0) is 38.5 Å². The number of rotatable bonds is 11. The average Bonchev–Trinajstić information content (AvgIpc) is 2.78. The molecule has 0 saturated carbocycles. The fourth-order valence-electron chi connectivity index (χ4n) is 4.15. The second-order valence-corrected chi connectivity index (χ2v) is 8.75. The van der Waals surface area contributed by atoms with Crippen molar-refractivity contribution in [1.82, 2.24) is 0 Å². The van der Waals surface area contributed by atoms with Crippen molar-refractivity contribution < 1.29 is 17.6 Å². The SMILES string of the molecule is CCCCc1c(F)cc(CCc2c(F)cc(CCc3ccc(CCC)cc3)cc2F)cc1F. The highest BCUT2D eigenvalue weighted by Crippen LogP contribution is 2.22. The van der Waals surface area contributed by atoms with E-state index in [1.54, 1.807) is 0 Å². The molecule has 0 N–H and O–H groups in total. The minimum Gasteiger partial charge on any atom is -0.207 e. The minimum atomic E-state index is -0.608. The van der Waals surface area contributed by atoms with E-state index in [1.807, 2.05) is 6.92 Å². The third kappa shape index (κ3) is 6.93. The highest BCUT2D eigenvalue weighted by molar-refractivity contribution is 5.31. The molecule has 0 bridgehead atoms. The summed E-state index contributed by atoms with van der Waals surface area (Å²) in [6, 6.07) is 13.7. The van der Waals surface area contributed by atoms with Crippen LogP contribution in [0.25, 0.3) is 0 Å². The van der Waals surface area contributed by atoms with Crippen molar-refractivity contribution >= 4 is 0 Å². The van der Waals surface area contributed by atoms with E-state index >= 15 is 0 Å². The average molecular weight is 457 g/mol. The first kappa shape index (κ1) is 25.0. The van der Waals surface area contributed by atoms with Crippen LogP contribution in [0.4, 0.5) is 17.6 Å². The lowest BCUT2D eigenvalue weighted by Crippen LogP contribution is -2.04. The maximum Gasteiger partial charge on any atom is 0.129 e. The number of hydrogen-bond acceptors (Lipinski definition) is 0. The van der Waals surface area contributed by atoms with Gasteiger partial charge in [0.25, 0.3) is 0 Å². The molecule has 4 heteroatoms. The Kier molecular flexibility index (Phi) is 9.11. The zero-order valence-corrected chi connectivity index (χ0v) is 19.5. The smallest absolute Gasteiger partial charge is 0.129 e. The summed E-state index contributed by atoms with van der Waals surface area (Å²) in [7, 11) is 0. The van der Waals surface area contributed by atoms with Gasteiger partial charge in [-0.3, -0.25) is 0 Å². The molecule has 0 aliphatic carbocycles. The van der Waals surface area contributed by atoms with Crippen LogP contribution < -0.4 is 0 Å². The van der Waals surface area contributed by atoms with E-state index in [-0.39, 0.29) is 24.0 Å². The largest absolute Gasteiger partial charge is 0.207 e. The predicted octanol–water partition coefficient (Wildman–Crippen LogP) is 8.11. The summed E-state index contributed by atoms with van der Waals surface area (Å²) in [4.78, 5) is 0. The van der Waals surface area contributed by atoms with Gasteiger partial charge in [-0.05, 0) is 91.5 Å². The van der Waals surface area contributed by atoms with Crippen LogP contribution in [0.2, 0.25) is 0 Å². The quantitative estimate of drug-likeness (QED) is 0.256. The zero-order chi connectivity index (χ0) is 23.8. The molecule has 0 aliphatic heterocycles. The van der Waals surface area contributed by atoms with Gasteiger partial charge in [0.1, 0.15) is 23.3 Å². The third-order valence-electron chi connectivity index (χ3n) is 6.11. The molecule has 0 aromatic heterocycles. The van der Waals surface area contributed by atoms with Crippen molar-refractivity contribution in [2.24, 2.45) is 0 Å². The van der Waals surface area contributed by atoms with Crippen molar-refractivity contribution in [3.8, 4) is 0 Å². The van der Waals surface area contributed by atoms with Crippen molar-refractivity contribution in [3.05, 3.63) is 105 Å². The molecule has 0 saturated heterocycles. The van der Waals surface area contributed by atoms with Crippen LogP contribution >= 0.6 is 0 Å². The molecule has 0 nitrogen and oxygen atoms in total. The molecule has 0 amide bonds. The van der Waals surface area contributed by atoms with Crippen molar-refractivity contribution in [3.63, 3.8) is 0 Å². The number of unbranched alkanes of at least 4 members (excludes halogenated alkanes) is 1. The summed E-state index contributed by atoms with van der Waals surface area (Å²) < 4.78 is 57.8. The van der Waals surface area contributed by atoms with E-state index in [9.17, 15) is 17.6 Å². The van der Waals surface area contributed by atoms with Crippen LogP contribution in [0.3, 0.4) is 0 Å². The van der Waals surface area contributed by atoms with Gasteiger partial charge in [0, 0.05) is 11.1 Å². The molecule has 0 atom stereocenters. The molecule has 0 radical (unpaired) electrons. The van der Waals surface area contributed by atoms with Gasteiger partial charge < -0.3 is 0 Å². The van der Waals surface area contributed by atoms with Crippen molar-refractivity contribution in [1.29, 1.82) is 0 Å². The highest BCUT2D eigenvalue weighted by Gasteiger charge is 2.14. The van der Waals surface area contributed by atoms with E-state index in [1.165, 1.54) is 29.8 Å². The molecule has 3 aromatic carbocycles. The Morgan fingerprint density at radius 2 is 0.848 bits per heavy atom. The maximum absolute atomic E-state index is 14.7. The Bertz CT molecular complexity index is 1010. The Balaban J connectivity index is 1.63. The van der Waals surface area contributed by atoms with Gasteiger partial charge in [0.2, 0.25) is 0 Å². The number of aryl methyl sites for hydroxylation is 4. The van der Waals surface area contributed by atoms with Crippen molar-refractivity contribution in [2.45, 2.75) is 71.6 Å². The van der Waals surface area contributed by atoms with E-state index < -0.39 is 23.3 Å². The van der Waals surface area contributed by atoms with Crippen LogP contribution in [-0.4, -0.2) is 0 Å². The number of halogens is 4. The number of benzene rings is 3. The molecule has 3 aromatic rings. The molecule has 0 spiro atoms. The molecule has 0 heterocycles. The van der Waals surface area contributed by atoms with Crippen LogP contribution in [0.5, 0.6) is 0 Å². The summed E-state index contributed by atoms with van der Waals surface area (Å²) in [6.45, 7) is 4.10. The molecular formula is C29H32F4. The van der Waals surface area contributed by atoms with E-state index in [0.29, 0.717) is 36.8 Å². The summed E-state index contributed by atoms with van der Waals surface area (Å²) in [6.07, 6.45) is 5.50. The summed E-state index contributed by atoms with van der Waals surface area (Å²) in [5.41, 5.74) is 3.47. The Labute approximate surface area is 194 Å². The van der Waals surface area contributed by atoms with Gasteiger partial charge in [-0.1, -0.05) is 51.0 Å². The van der Waals surface area contributed by atoms with Crippen molar-refractivity contribution in [2.75, 3.05) is 0 Å². The molecule has 33 heavy (non-hydrogen) atoms. The molecule has 0 fully saturated rings. The minimum absolute atomic E-state index is 0.0430. The molecular weight excluding hydrogens is 424 g/mol. The molecule has 3 rings (SSSR count). The Morgan fingerprint density at radius 3 is 1.30 bits per heavy atom. The standard InChI is InChI=1S/C29H32F4/c1-3-5-7-24-26(30)18-23(19-27(24)31)14-15-25-28(32)16-22(17-29(25)33)13-12-21-10-8-20(6-4-2)9-11-21/h8-11,16-19H,3-7,12-15H2,1-2H3. The number of hydrogen-bond donors (Lipinski definition) is 0. The van der Waals surface area contributed by atoms with E-state index in [4.69, 9.17) is 0 Å². The van der Waals surface area contributed by atoms with Gasteiger partial charge in [-0.15, -0.1) is 0 Å². The van der Waals surface area contributed by atoms with E-state index in [2.05, 4.69) is 31.2 Å². The van der Waals surface area contributed by atoms with Crippen LogP contribution in [0.1, 0.15) is 66.5 Å². The maximum atomic E-state index is 14.7. The van der Waals surface area contributed by atoms with Gasteiger partial charge in [-0.2, -0.15) is 0 Å². The lowest BCUT2D eigenvalue weighted by Gasteiger charge is -2.11. The van der Waals surface area contributed by atoms with Gasteiger partial charge in [0.05, 0.1) is 0 Å². The second kappa shape index (κ2) is 12.0. The fraction of sp³-hybridized carbons (Fsp3) is 0.379. The predicted molar refractivity (Wildman–Crippen MR) is 127 cm³/mol. The summed E-state index contributed by atoms with van der Waals surface area (Å²) in [5.74, 6) is -2.39. The first-order chi connectivity index (χ1) is 15.9. The monoisotopic (exact) mass is 456 g/mol. The Morgan fingerprint density at radius 1 is 0.455 bits per heavy atom. The van der Waals surface area contributed by atoms with Gasteiger partial charge >= 0.3 is 0 Å². The van der Waals surface area contributed by atoms with Gasteiger partial charge in [-0.25, -0.2) is 17.6 Å². The van der Waals surface area contributed by atoms with Crippen LogP contribution in [0, 0.1) is 23.3 Å². The molecule has 176 valence electrons. The lowest BCUT2D eigenvalue weighted by atomic mass is 9.97. The first-order valence-corrected chi connectivity index (χ1v) is 11.9. The highest BCUT2D eigenvalue weighted by atomic mass is 19.1. The third-order valence-corrected chi connectivity index (χ3v) is 6.11. The second-order valence-electron chi connectivity index (χ2n) is 8.75. The molecule has 0 aliphatic rings. The summed E-state index contributed by atoms with van der Waals surface area (Å²) >= 11 is 0. The molecule has 0 unspecified atom stereocenters. The Hall–Kier alpha value is -2.62. The van der Waals surface area contributed by atoms with Crippen LogP contribution in [0.15, 0.2) is 48.5 Å².